The van der Waals surface area contributed by atoms with Crippen molar-refractivity contribution in [2.24, 2.45) is 0 Å². The van der Waals surface area contributed by atoms with E-state index in [1.54, 1.807) is 35.4 Å². The average Bonchev–Trinajstić information content (AvgIpc) is 2.84. The smallest absolute Gasteiger partial charge is 0.338 e. The molecule has 1 saturated heterocycles. The Hall–Kier alpha value is -3.23. The van der Waals surface area contributed by atoms with Gasteiger partial charge in [0.15, 0.2) is 5.65 Å². The number of amides is 1. The lowest BCUT2D eigenvalue weighted by atomic mass is 10.1. The van der Waals surface area contributed by atoms with Crippen molar-refractivity contribution < 1.29 is 19.1 Å². The van der Waals surface area contributed by atoms with Crippen molar-refractivity contribution in [3.63, 3.8) is 0 Å². The van der Waals surface area contributed by atoms with Gasteiger partial charge in [0.05, 0.1) is 36.6 Å². The molecule has 9 heteroatoms. The molecule has 1 N–H and O–H groups in total. The first-order valence-corrected chi connectivity index (χ1v) is 11.2. The number of carbonyl (C=O) groups is 2. The van der Waals surface area contributed by atoms with Gasteiger partial charge in [-0.2, -0.15) is 0 Å². The number of nitrogens with one attached hydrogen (secondary N) is 1. The normalized spacial score (nSPS) is 13.3. The number of morpholine rings is 1. The Morgan fingerprint density at radius 2 is 1.85 bits per heavy atom. The van der Waals surface area contributed by atoms with Crippen LogP contribution in [0.1, 0.15) is 46.2 Å². The predicted molar refractivity (Wildman–Crippen MR) is 133 cm³/mol. The number of hydrogen-bond donors (Lipinski definition) is 1. The number of aryl methyl sites for hydroxylation is 1. The Morgan fingerprint density at radius 1 is 1.12 bits per heavy atom. The van der Waals surface area contributed by atoms with Crippen LogP contribution in [0.2, 0.25) is 0 Å². The minimum Gasteiger partial charge on any atom is -0.462 e. The van der Waals surface area contributed by atoms with Gasteiger partial charge in [0, 0.05) is 36.1 Å². The number of ether oxygens (including phenoxy) is 2. The minimum atomic E-state index is -0.341. The van der Waals surface area contributed by atoms with Crippen molar-refractivity contribution in [3.8, 4) is 0 Å². The molecule has 1 amide bonds. The van der Waals surface area contributed by atoms with Crippen molar-refractivity contribution in [2.45, 2.75) is 26.7 Å². The van der Waals surface area contributed by atoms with Crippen molar-refractivity contribution in [1.82, 2.24) is 14.9 Å². The number of unbranched alkanes of at least 4 members (excludes halogenated alkanes) is 1. The van der Waals surface area contributed by atoms with Crippen LogP contribution >= 0.6 is 12.4 Å². The molecule has 8 nitrogen and oxygen atoms in total. The number of carbonyl (C=O) groups excluding carboxylic acids is 2. The van der Waals surface area contributed by atoms with Crippen LogP contribution in [0, 0.1) is 6.92 Å². The van der Waals surface area contributed by atoms with Crippen LogP contribution in [0.15, 0.2) is 42.6 Å². The number of anilines is 2. The first-order valence-electron chi connectivity index (χ1n) is 11.2. The zero-order valence-corrected chi connectivity index (χ0v) is 20.2. The lowest BCUT2D eigenvalue weighted by Gasteiger charge is -2.27. The molecular weight excluding hydrogens is 456 g/mol. The van der Waals surface area contributed by atoms with Gasteiger partial charge in [-0.05, 0) is 49.7 Å². The van der Waals surface area contributed by atoms with Crippen LogP contribution in [0.4, 0.5) is 11.4 Å². The highest BCUT2D eigenvalue weighted by Gasteiger charge is 2.23. The summed E-state index contributed by atoms with van der Waals surface area (Å²) in [6.45, 7) is 6.48. The molecule has 2 aromatic heterocycles. The molecule has 0 unspecified atom stereocenters. The highest BCUT2D eigenvalue weighted by Crippen LogP contribution is 2.30. The third-order valence-electron chi connectivity index (χ3n) is 5.52. The van der Waals surface area contributed by atoms with Crippen LogP contribution in [-0.2, 0) is 9.47 Å². The highest BCUT2D eigenvalue weighted by molar-refractivity contribution is 6.07. The standard InChI is InChI=1S/C25H28N4O4.ClH/c1-3-4-13-33-25(31)18-6-8-19(9-7-18)28-22-20-10-5-17(2)27-23(20)26-16-21(22)24(30)29-11-14-32-15-12-29;/h5-10,16H,3-4,11-15H2,1-2H3,(H,26,27,28);1H. The summed E-state index contributed by atoms with van der Waals surface area (Å²) in [4.78, 5) is 36.2. The molecule has 180 valence electrons. The first kappa shape index (κ1) is 25.4. The van der Waals surface area contributed by atoms with Crippen LogP contribution in [0.25, 0.3) is 11.0 Å². The summed E-state index contributed by atoms with van der Waals surface area (Å²) in [5, 5.41) is 4.12. The molecule has 0 spiro atoms. The lowest BCUT2D eigenvalue weighted by molar-refractivity contribution is 0.0303. The van der Waals surface area contributed by atoms with Gasteiger partial charge in [0.1, 0.15) is 0 Å². The average molecular weight is 485 g/mol. The lowest BCUT2D eigenvalue weighted by Crippen LogP contribution is -2.41. The number of benzene rings is 1. The molecule has 34 heavy (non-hydrogen) atoms. The van der Waals surface area contributed by atoms with E-state index >= 15 is 0 Å². The van der Waals surface area contributed by atoms with Crippen LogP contribution < -0.4 is 5.32 Å². The number of esters is 1. The van der Waals surface area contributed by atoms with Gasteiger partial charge in [-0.1, -0.05) is 13.3 Å². The summed E-state index contributed by atoms with van der Waals surface area (Å²) in [6, 6.07) is 10.8. The van der Waals surface area contributed by atoms with E-state index in [4.69, 9.17) is 9.47 Å². The van der Waals surface area contributed by atoms with Crippen molar-refractivity contribution in [2.75, 3.05) is 38.2 Å². The van der Waals surface area contributed by atoms with Gasteiger partial charge in [-0.15, -0.1) is 12.4 Å². The predicted octanol–water partition coefficient (Wildman–Crippen LogP) is 4.53. The Kier molecular flexibility index (Phi) is 8.79. The van der Waals surface area contributed by atoms with Gasteiger partial charge >= 0.3 is 5.97 Å². The summed E-state index contributed by atoms with van der Waals surface area (Å²) in [5.41, 5.74) is 3.74. The topological polar surface area (TPSA) is 93.7 Å². The van der Waals surface area contributed by atoms with Crippen LogP contribution in [0.5, 0.6) is 0 Å². The molecule has 1 aliphatic heterocycles. The van der Waals surface area contributed by atoms with E-state index in [-0.39, 0.29) is 24.3 Å². The number of nitrogens with zero attached hydrogens (tertiary/aromatic N) is 3. The van der Waals surface area contributed by atoms with E-state index in [9.17, 15) is 9.59 Å². The maximum Gasteiger partial charge on any atom is 0.338 e. The van der Waals surface area contributed by atoms with Crippen molar-refractivity contribution >= 4 is 46.7 Å². The number of hydrogen-bond acceptors (Lipinski definition) is 7. The molecule has 0 aliphatic carbocycles. The summed E-state index contributed by atoms with van der Waals surface area (Å²) in [7, 11) is 0. The Bertz CT molecular complexity index is 1150. The van der Waals surface area contributed by atoms with Gasteiger partial charge in [0.2, 0.25) is 0 Å². The van der Waals surface area contributed by atoms with Crippen LogP contribution in [-0.4, -0.2) is 59.7 Å². The third-order valence-corrected chi connectivity index (χ3v) is 5.52. The maximum atomic E-state index is 13.3. The van der Waals surface area contributed by atoms with E-state index in [1.807, 2.05) is 26.0 Å². The van der Waals surface area contributed by atoms with Crippen LogP contribution in [0.3, 0.4) is 0 Å². The summed E-state index contributed by atoms with van der Waals surface area (Å²) >= 11 is 0. The number of aromatic nitrogens is 2. The summed E-state index contributed by atoms with van der Waals surface area (Å²) in [6.07, 6.45) is 3.39. The zero-order chi connectivity index (χ0) is 23.2. The fraction of sp³-hybridized carbons (Fsp3) is 0.360. The summed E-state index contributed by atoms with van der Waals surface area (Å²) < 4.78 is 10.7. The highest BCUT2D eigenvalue weighted by atomic mass is 35.5. The number of fused-ring (bicyclic) bond motifs is 1. The molecule has 1 aliphatic rings. The molecular formula is C25H29ClN4O4. The van der Waals surface area contributed by atoms with E-state index in [2.05, 4.69) is 15.3 Å². The molecule has 0 atom stereocenters. The SMILES string of the molecule is CCCCOC(=O)c1ccc(Nc2c(C(=O)N3CCOCC3)cnc3nc(C)ccc23)cc1.Cl. The van der Waals surface area contributed by atoms with Gasteiger partial charge in [-0.25, -0.2) is 14.8 Å². The minimum absolute atomic E-state index is 0. The Morgan fingerprint density at radius 3 is 2.56 bits per heavy atom. The first-order chi connectivity index (χ1) is 16.1. The molecule has 3 aromatic rings. The van der Waals surface area contributed by atoms with Gasteiger partial charge in [0.25, 0.3) is 5.91 Å². The van der Waals surface area contributed by atoms with Crippen molar-refractivity contribution in [3.05, 3.63) is 59.4 Å². The van der Waals surface area contributed by atoms with Crippen molar-refractivity contribution in [1.29, 1.82) is 0 Å². The quantitative estimate of drug-likeness (QED) is 0.389. The molecule has 0 radical (unpaired) electrons. The van der Waals surface area contributed by atoms with E-state index < -0.39 is 0 Å². The van der Waals surface area contributed by atoms with E-state index in [1.165, 1.54) is 0 Å². The molecule has 4 rings (SSSR count). The zero-order valence-electron chi connectivity index (χ0n) is 19.4. The Balaban J connectivity index is 0.00000324. The van der Waals surface area contributed by atoms with E-state index in [0.717, 1.165) is 29.6 Å². The van der Waals surface area contributed by atoms with Gasteiger partial charge in [-0.3, -0.25) is 4.79 Å². The molecule has 1 fully saturated rings. The number of halogens is 1. The largest absolute Gasteiger partial charge is 0.462 e. The fourth-order valence-corrected chi connectivity index (χ4v) is 3.63. The second-order valence-electron chi connectivity index (χ2n) is 7.97. The number of rotatable bonds is 7. The monoisotopic (exact) mass is 484 g/mol. The number of pyridine rings is 2. The van der Waals surface area contributed by atoms with Gasteiger partial charge < -0.3 is 19.7 Å². The third kappa shape index (κ3) is 5.81. The molecule has 0 bridgehead atoms. The Labute approximate surface area is 205 Å². The molecule has 3 heterocycles. The second kappa shape index (κ2) is 11.8. The fourth-order valence-electron chi connectivity index (χ4n) is 3.63. The molecule has 0 saturated carbocycles. The molecule has 1 aromatic carbocycles. The second-order valence-corrected chi connectivity index (χ2v) is 7.97. The summed E-state index contributed by atoms with van der Waals surface area (Å²) in [5.74, 6) is -0.445. The maximum absolute atomic E-state index is 13.3. The van der Waals surface area contributed by atoms with E-state index in [0.29, 0.717) is 55.4 Å².